The summed E-state index contributed by atoms with van der Waals surface area (Å²) in [6.07, 6.45) is 8.28. The molecule has 0 radical (unpaired) electrons. The molecule has 1 aliphatic carbocycles. The number of nitrogens with one attached hydrogen (secondary N) is 1. The van der Waals surface area contributed by atoms with Crippen LogP contribution < -0.4 is 5.32 Å². The van der Waals surface area contributed by atoms with Gasteiger partial charge in [-0.05, 0) is 50.1 Å². The zero-order valence-corrected chi connectivity index (χ0v) is 13.5. The molecule has 0 aromatic heterocycles. The van der Waals surface area contributed by atoms with E-state index in [9.17, 15) is 0 Å². The molecular weight excluding hydrogens is 242 g/mol. The van der Waals surface area contributed by atoms with Crippen LogP contribution in [0.25, 0.3) is 0 Å². The van der Waals surface area contributed by atoms with E-state index >= 15 is 0 Å². The average molecular weight is 273 g/mol. The van der Waals surface area contributed by atoms with Crippen LogP contribution in [0, 0.1) is 18.8 Å². The van der Waals surface area contributed by atoms with Crippen molar-refractivity contribution in [3.05, 3.63) is 35.4 Å². The Bertz CT molecular complexity index is 373. The lowest BCUT2D eigenvalue weighted by molar-refractivity contribution is 0.218. The minimum Gasteiger partial charge on any atom is -0.314 e. The lowest BCUT2D eigenvalue weighted by Crippen LogP contribution is -2.39. The predicted octanol–water partition coefficient (Wildman–Crippen LogP) is 4.73. The monoisotopic (exact) mass is 273 g/mol. The fourth-order valence-electron chi connectivity index (χ4n) is 3.64. The molecule has 0 amide bonds. The second-order valence-corrected chi connectivity index (χ2v) is 6.54. The second kappa shape index (κ2) is 7.83. The maximum Gasteiger partial charge on any atom is 0.0136 e. The summed E-state index contributed by atoms with van der Waals surface area (Å²) in [6, 6.07) is 9.76. The quantitative estimate of drug-likeness (QED) is 0.790. The maximum atomic E-state index is 3.75. The van der Waals surface area contributed by atoms with E-state index in [-0.39, 0.29) is 0 Å². The highest BCUT2D eigenvalue weighted by Crippen LogP contribution is 2.33. The van der Waals surface area contributed by atoms with Gasteiger partial charge in [-0.3, -0.25) is 0 Å². The Morgan fingerprint density at radius 3 is 2.25 bits per heavy atom. The molecule has 1 aromatic rings. The molecule has 112 valence electrons. The topological polar surface area (TPSA) is 12.0 Å². The Kier molecular flexibility index (Phi) is 6.09. The number of hydrogen-bond donors (Lipinski definition) is 1. The van der Waals surface area contributed by atoms with Crippen molar-refractivity contribution in [2.75, 3.05) is 6.54 Å². The van der Waals surface area contributed by atoms with Crippen molar-refractivity contribution in [3.8, 4) is 0 Å². The molecule has 1 heteroatoms. The molecule has 1 saturated carbocycles. The summed E-state index contributed by atoms with van der Waals surface area (Å²) in [5.41, 5.74) is 2.84. The van der Waals surface area contributed by atoms with E-state index in [1.165, 1.54) is 49.7 Å². The highest BCUT2D eigenvalue weighted by molar-refractivity contribution is 5.22. The smallest absolute Gasteiger partial charge is 0.0136 e. The number of hydrogen-bond acceptors (Lipinski definition) is 1. The third kappa shape index (κ3) is 4.34. The van der Waals surface area contributed by atoms with Crippen molar-refractivity contribution in [1.29, 1.82) is 0 Å². The molecule has 1 atom stereocenters. The van der Waals surface area contributed by atoms with E-state index in [1.54, 1.807) is 0 Å². The molecule has 1 nitrogen and oxygen atoms in total. The van der Waals surface area contributed by atoms with Gasteiger partial charge in [0.2, 0.25) is 0 Å². The number of benzene rings is 1. The van der Waals surface area contributed by atoms with Gasteiger partial charge in [0.15, 0.2) is 0 Å². The Morgan fingerprint density at radius 2 is 1.70 bits per heavy atom. The lowest BCUT2D eigenvalue weighted by atomic mass is 9.76. The molecular formula is C19H31N. The molecule has 1 unspecified atom stereocenters. The van der Waals surface area contributed by atoms with Gasteiger partial charge >= 0.3 is 0 Å². The molecule has 0 aliphatic heterocycles. The summed E-state index contributed by atoms with van der Waals surface area (Å²) < 4.78 is 0. The third-order valence-corrected chi connectivity index (χ3v) is 5.08. The summed E-state index contributed by atoms with van der Waals surface area (Å²) in [4.78, 5) is 0. The molecule has 1 fully saturated rings. The molecule has 1 N–H and O–H groups in total. The Morgan fingerprint density at radius 1 is 1.05 bits per heavy atom. The van der Waals surface area contributed by atoms with Crippen LogP contribution in [0.2, 0.25) is 0 Å². The van der Waals surface area contributed by atoms with Gasteiger partial charge in [0, 0.05) is 6.04 Å². The van der Waals surface area contributed by atoms with Gasteiger partial charge in [-0.2, -0.15) is 0 Å². The normalized spacial score (nSPS) is 24.6. The van der Waals surface area contributed by atoms with Gasteiger partial charge < -0.3 is 5.32 Å². The highest BCUT2D eigenvalue weighted by Gasteiger charge is 2.26. The zero-order chi connectivity index (χ0) is 14.4. The van der Waals surface area contributed by atoms with Crippen molar-refractivity contribution in [3.63, 3.8) is 0 Å². The first kappa shape index (κ1) is 15.6. The molecule has 0 bridgehead atoms. The van der Waals surface area contributed by atoms with E-state index < -0.39 is 0 Å². The Balaban J connectivity index is 1.94. The van der Waals surface area contributed by atoms with Gasteiger partial charge in [-0.15, -0.1) is 0 Å². The molecule has 0 saturated heterocycles. The Labute approximate surface area is 125 Å². The Hall–Kier alpha value is -0.820. The first-order valence-corrected chi connectivity index (χ1v) is 8.51. The van der Waals surface area contributed by atoms with Crippen LogP contribution in [-0.2, 0) is 6.42 Å². The van der Waals surface area contributed by atoms with Crippen molar-refractivity contribution in [2.24, 2.45) is 11.8 Å². The molecule has 0 heterocycles. The predicted molar refractivity (Wildman–Crippen MR) is 88.1 cm³/mol. The fourth-order valence-corrected chi connectivity index (χ4v) is 3.64. The van der Waals surface area contributed by atoms with Crippen molar-refractivity contribution < 1.29 is 0 Å². The van der Waals surface area contributed by atoms with Gasteiger partial charge in [0.25, 0.3) is 0 Å². The first-order valence-electron chi connectivity index (χ1n) is 8.51. The summed E-state index contributed by atoms with van der Waals surface area (Å²) in [5, 5.41) is 3.75. The molecule has 20 heavy (non-hydrogen) atoms. The maximum absolute atomic E-state index is 3.75. The second-order valence-electron chi connectivity index (χ2n) is 6.54. The summed E-state index contributed by atoms with van der Waals surface area (Å²) in [7, 11) is 0. The van der Waals surface area contributed by atoms with Crippen LogP contribution >= 0.6 is 0 Å². The van der Waals surface area contributed by atoms with Crippen LogP contribution in [-0.4, -0.2) is 12.6 Å². The van der Waals surface area contributed by atoms with Gasteiger partial charge in [-0.1, -0.05) is 62.9 Å². The molecule has 2 rings (SSSR count). The zero-order valence-electron chi connectivity index (χ0n) is 13.5. The molecule has 0 spiro atoms. The lowest BCUT2D eigenvalue weighted by Gasteiger charge is -2.34. The average Bonchev–Trinajstić information content (AvgIpc) is 2.49. The van der Waals surface area contributed by atoms with E-state index in [2.05, 4.69) is 50.4 Å². The number of aryl methyl sites for hydroxylation is 1. The summed E-state index contributed by atoms with van der Waals surface area (Å²) in [5.74, 6) is 1.87. The number of rotatable bonds is 6. The van der Waals surface area contributed by atoms with Crippen LogP contribution in [0.5, 0.6) is 0 Å². The van der Waals surface area contributed by atoms with E-state index in [4.69, 9.17) is 0 Å². The highest BCUT2D eigenvalue weighted by atomic mass is 14.9. The van der Waals surface area contributed by atoms with Crippen LogP contribution in [0.15, 0.2) is 24.3 Å². The first-order chi connectivity index (χ1) is 9.72. The van der Waals surface area contributed by atoms with Gasteiger partial charge in [0.1, 0.15) is 0 Å². The molecule has 1 aliphatic rings. The van der Waals surface area contributed by atoms with E-state index in [0.29, 0.717) is 6.04 Å². The summed E-state index contributed by atoms with van der Waals surface area (Å²) in [6.45, 7) is 7.83. The largest absolute Gasteiger partial charge is 0.314 e. The standard InChI is InChI=1S/C19H31N/c1-4-16-10-12-18(13-11-16)19(20-5-2)14-17-8-6-15(3)7-9-17/h6-9,16,18-20H,4-5,10-14H2,1-3H3. The van der Waals surface area contributed by atoms with Crippen LogP contribution in [0.3, 0.4) is 0 Å². The SMILES string of the molecule is CCNC(Cc1ccc(C)cc1)C1CCC(CC)CC1. The minimum atomic E-state index is 0.667. The van der Waals surface area contributed by atoms with E-state index in [0.717, 1.165) is 18.4 Å². The third-order valence-electron chi connectivity index (χ3n) is 5.08. The minimum absolute atomic E-state index is 0.667. The van der Waals surface area contributed by atoms with Crippen molar-refractivity contribution in [2.45, 2.75) is 65.3 Å². The van der Waals surface area contributed by atoms with Crippen molar-refractivity contribution in [1.82, 2.24) is 5.32 Å². The van der Waals surface area contributed by atoms with Crippen LogP contribution in [0.4, 0.5) is 0 Å². The van der Waals surface area contributed by atoms with Crippen molar-refractivity contribution >= 4 is 0 Å². The molecule has 1 aromatic carbocycles. The summed E-state index contributed by atoms with van der Waals surface area (Å²) >= 11 is 0. The van der Waals surface area contributed by atoms with E-state index in [1.807, 2.05) is 0 Å². The van der Waals surface area contributed by atoms with Gasteiger partial charge in [-0.25, -0.2) is 0 Å². The number of likely N-dealkylation sites (N-methyl/N-ethyl adjacent to an activating group) is 1. The van der Waals surface area contributed by atoms with Crippen LogP contribution in [0.1, 0.15) is 57.1 Å². The van der Waals surface area contributed by atoms with Gasteiger partial charge in [0.05, 0.1) is 0 Å². The fraction of sp³-hybridized carbons (Fsp3) is 0.684.